The van der Waals surface area contributed by atoms with Crippen LogP contribution in [0, 0.1) is 16.7 Å². The maximum atomic E-state index is 11.5. The van der Waals surface area contributed by atoms with Gasteiger partial charge in [0.2, 0.25) is 0 Å². The average Bonchev–Trinajstić information content (AvgIpc) is 2.79. The molecule has 2 fully saturated rings. The summed E-state index contributed by atoms with van der Waals surface area (Å²) < 4.78 is 0.900. The van der Waals surface area contributed by atoms with Crippen LogP contribution in [0.5, 0.6) is 0 Å². The second-order valence-electron chi connectivity index (χ2n) is 6.21. The first-order valence-corrected chi connectivity index (χ1v) is 6.34. The SMILES string of the molecule is CC1(C)[C@H]2CC[C@]1(C)/C(=N/n1c(=O)[nH][nH]c1=O)C2. The summed E-state index contributed by atoms with van der Waals surface area (Å²) in [5.41, 5.74) is 0.170. The molecule has 0 spiro atoms. The first-order valence-electron chi connectivity index (χ1n) is 6.34. The van der Waals surface area contributed by atoms with Gasteiger partial charge in [0.1, 0.15) is 0 Å². The van der Waals surface area contributed by atoms with Crippen molar-refractivity contribution in [2.45, 2.75) is 40.0 Å². The van der Waals surface area contributed by atoms with Crippen LogP contribution in [0.1, 0.15) is 40.0 Å². The van der Waals surface area contributed by atoms with Gasteiger partial charge in [-0.15, -0.1) is 4.68 Å². The lowest BCUT2D eigenvalue weighted by molar-refractivity contribution is 0.193. The molecule has 1 aromatic rings. The van der Waals surface area contributed by atoms with E-state index in [2.05, 4.69) is 36.1 Å². The van der Waals surface area contributed by atoms with Crippen molar-refractivity contribution in [2.24, 2.45) is 21.8 Å². The zero-order valence-corrected chi connectivity index (χ0v) is 10.9. The Morgan fingerprint density at radius 3 is 2.28 bits per heavy atom. The Hall–Kier alpha value is -1.59. The van der Waals surface area contributed by atoms with Crippen molar-refractivity contribution < 1.29 is 0 Å². The zero-order chi connectivity index (χ0) is 13.1. The van der Waals surface area contributed by atoms with Crippen molar-refractivity contribution in [3.8, 4) is 0 Å². The minimum Gasteiger partial charge on any atom is -0.246 e. The quantitative estimate of drug-likeness (QED) is 0.776. The summed E-state index contributed by atoms with van der Waals surface area (Å²) in [7, 11) is 0. The monoisotopic (exact) mass is 250 g/mol. The largest absolute Gasteiger partial charge is 0.365 e. The van der Waals surface area contributed by atoms with E-state index in [0.29, 0.717) is 5.92 Å². The highest BCUT2D eigenvalue weighted by Gasteiger charge is 2.60. The van der Waals surface area contributed by atoms with Gasteiger partial charge in [0.15, 0.2) is 0 Å². The number of hydrogen-bond acceptors (Lipinski definition) is 3. The molecule has 98 valence electrons. The van der Waals surface area contributed by atoms with E-state index in [1.165, 1.54) is 6.42 Å². The van der Waals surface area contributed by atoms with Gasteiger partial charge in [-0.2, -0.15) is 5.10 Å². The van der Waals surface area contributed by atoms with Crippen LogP contribution >= 0.6 is 0 Å². The van der Waals surface area contributed by atoms with E-state index in [-0.39, 0.29) is 10.8 Å². The molecule has 2 aliphatic rings. The van der Waals surface area contributed by atoms with Crippen molar-refractivity contribution in [1.82, 2.24) is 14.9 Å². The van der Waals surface area contributed by atoms with E-state index in [9.17, 15) is 9.59 Å². The lowest BCUT2D eigenvalue weighted by atomic mass is 9.70. The summed E-state index contributed by atoms with van der Waals surface area (Å²) >= 11 is 0. The highest BCUT2D eigenvalue weighted by atomic mass is 16.2. The van der Waals surface area contributed by atoms with Gasteiger partial charge in [0.25, 0.3) is 0 Å². The Morgan fingerprint density at radius 2 is 1.83 bits per heavy atom. The van der Waals surface area contributed by atoms with Crippen LogP contribution in [0.15, 0.2) is 14.7 Å². The maximum absolute atomic E-state index is 11.5. The third kappa shape index (κ3) is 1.20. The normalized spacial score (nSPS) is 35.5. The number of hydrogen-bond donors (Lipinski definition) is 2. The molecule has 1 heterocycles. The zero-order valence-electron chi connectivity index (χ0n) is 10.9. The molecule has 0 saturated heterocycles. The van der Waals surface area contributed by atoms with Gasteiger partial charge in [0, 0.05) is 11.1 Å². The van der Waals surface area contributed by atoms with Crippen LogP contribution in [-0.2, 0) is 0 Å². The Bertz CT molecular complexity index is 605. The molecule has 0 radical (unpaired) electrons. The summed E-state index contributed by atoms with van der Waals surface area (Å²) in [6, 6.07) is 0. The second kappa shape index (κ2) is 3.24. The number of aromatic nitrogens is 3. The van der Waals surface area contributed by atoms with Gasteiger partial charge in [-0.1, -0.05) is 20.8 Å². The Morgan fingerprint density at radius 1 is 1.22 bits per heavy atom. The van der Waals surface area contributed by atoms with Crippen LogP contribution in [0.2, 0.25) is 0 Å². The van der Waals surface area contributed by atoms with Crippen LogP contribution in [-0.4, -0.2) is 20.6 Å². The summed E-state index contributed by atoms with van der Waals surface area (Å²) in [6.45, 7) is 6.72. The van der Waals surface area contributed by atoms with E-state index in [4.69, 9.17) is 0 Å². The van der Waals surface area contributed by atoms with Crippen molar-refractivity contribution in [3.05, 3.63) is 21.0 Å². The number of nitrogens with one attached hydrogen (secondary N) is 2. The van der Waals surface area contributed by atoms with E-state index >= 15 is 0 Å². The molecule has 3 rings (SSSR count). The molecule has 2 N–H and O–H groups in total. The Kier molecular flexibility index (Phi) is 2.07. The van der Waals surface area contributed by atoms with E-state index in [1.807, 2.05) is 0 Å². The van der Waals surface area contributed by atoms with Gasteiger partial charge in [0.05, 0.1) is 0 Å². The topological polar surface area (TPSA) is 83.0 Å². The number of aromatic amines is 2. The molecule has 2 bridgehead atoms. The minimum atomic E-state index is -0.503. The molecular weight excluding hydrogens is 232 g/mol. The molecule has 0 amide bonds. The number of rotatable bonds is 1. The summed E-state index contributed by atoms with van der Waals surface area (Å²) in [4.78, 5) is 22.9. The molecule has 0 unspecified atom stereocenters. The number of H-pyrrole nitrogens is 2. The van der Waals surface area contributed by atoms with E-state index in [0.717, 1.165) is 23.2 Å². The highest BCUT2D eigenvalue weighted by Crippen LogP contribution is 2.63. The van der Waals surface area contributed by atoms with Crippen molar-refractivity contribution >= 4 is 5.71 Å². The number of fused-ring (bicyclic) bond motifs is 2. The van der Waals surface area contributed by atoms with Crippen LogP contribution in [0.3, 0.4) is 0 Å². The standard InChI is InChI=1S/C12H18N4O2/c1-11(2)7-4-5-12(11,3)8(6-7)15-16-9(17)13-14-10(16)18/h7H,4-6H2,1-3H3,(H,13,17)(H,14,18)/b15-8+/t7-,12+/m0/s1. The smallest absolute Gasteiger partial charge is 0.246 e. The third-order valence-corrected chi connectivity index (χ3v) is 5.39. The van der Waals surface area contributed by atoms with Crippen molar-refractivity contribution in [1.29, 1.82) is 0 Å². The molecule has 0 aliphatic heterocycles. The molecule has 2 atom stereocenters. The summed E-state index contributed by atoms with van der Waals surface area (Å²) in [5.74, 6) is 0.606. The molecule has 2 aliphatic carbocycles. The van der Waals surface area contributed by atoms with Crippen LogP contribution < -0.4 is 11.4 Å². The van der Waals surface area contributed by atoms with E-state index < -0.39 is 11.4 Å². The van der Waals surface area contributed by atoms with Gasteiger partial charge in [-0.25, -0.2) is 19.8 Å². The lowest BCUT2D eigenvalue weighted by Gasteiger charge is -2.34. The third-order valence-electron chi connectivity index (χ3n) is 5.39. The van der Waals surface area contributed by atoms with Gasteiger partial charge in [-0.05, 0) is 30.6 Å². The highest BCUT2D eigenvalue weighted by molar-refractivity contribution is 5.94. The molecule has 0 aromatic carbocycles. The van der Waals surface area contributed by atoms with Crippen molar-refractivity contribution in [3.63, 3.8) is 0 Å². The average molecular weight is 250 g/mol. The summed E-state index contributed by atoms with van der Waals surface area (Å²) in [5, 5.41) is 8.82. The first-order chi connectivity index (χ1) is 8.36. The fourth-order valence-corrected chi connectivity index (χ4v) is 3.60. The number of nitrogens with zero attached hydrogens (tertiary/aromatic N) is 2. The Balaban J connectivity index is 2.11. The minimum absolute atomic E-state index is 0.000810. The molecular formula is C12H18N4O2. The van der Waals surface area contributed by atoms with Gasteiger partial charge in [-0.3, -0.25) is 0 Å². The van der Waals surface area contributed by atoms with Crippen LogP contribution in [0.25, 0.3) is 0 Å². The Labute approximate surface area is 104 Å². The predicted molar refractivity (Wildman–Crippen MR) is 67.7 cm³/mol. The van der Waals surface area contributed by atoms with Gasteiger partial charge < -0.3 is 0 Å². The van der Waals surface area contributed by atoms with Crippen LogP contribution in [0.4, 0.5) is 0 Å². The van der Waals surface area contributed by atoms with Gasteiger partial charge >= 0.3 is 11.4 Å². The molecule has 6 heteroatoms. The maximum Gasteiger partial charge on any atom is 0.365 e. The molecule has 2 saturated carbocycles. The first kappa shape index (κ1) is 11.5. The molecule has 6 nitrogen and oxygen atoms in total. The summed E-state index contributed by atoms with van der Waals surface area (Å²) in [6.07, 6.45) is 3.18. The lowest BCUT2D eigenvalue weighted by Crippen LogP contribution is -2.34. The fourth-order valence-electron chi connectivity index (χ4n) is 3.60. The van der Waals surface area contributed by atoms with E-state index in [1.54, 1.807) is 0 Å². The predicted octanol–water partition coefficient (Wildman–Crippen LogP) is 0.915. The molecule has 18 heavy (non-hydrogen) atoms. The molecule has 1 aromatic heterocycles. The fraction of sp³-hybridized carbons (Fsp3) is 0.750. The van der Waals surface area contributed by atoms with Crippen molar-refractivity contribution in [2.75, 3.05) is 0 Å². The second-order valence-corrected chi connectivity index (χ2v) is 6.21.